The van der Waals surface area contributed by atoms with Gasteiger partial charge in [-0.05, 0) is 43.2 Å². The predicted molar refractivity (Wildman–Crippen MR) is 108 cm³/mol. The Labute approximate surface area is 164 Å². The second-order valence-corrected chi connectivity index (χ2v) is 9.47. The van der Waals surface area contributed by atoms with Crippen LogP contribution in [0.1, 0.15) is 17.0 Å². The van der Waals surface area contributed by atoms with E-state index in [1.807, 2.05) is 35.8 Å². The van der Waals surface area contributed by atoms with Crippen LogP contribution in [0.2, 0.25) is 0 Å². The van der Waals surface area contributed by atoms with Crippen molar-refractivity contribution in [3.8, 4) is 5.69 Å². The summed E-state index contributed by atoms with van der Waals surface area (Å²) in [6.45, 7) is 3.98. The summed E-state index contributed by atoms with van der Waals surface area (Å²) < 4.78 is 27.9. The Morgan fingerprint density at radius 1 is 1.04 bits per heavy atom. The Morgan fingerprint density at radius 3 is 2.48 bits per heavy atom. The summed E-state index contributed by atoms with van der Waals surface area (Å²) in [6.07, 6.45) is 0. The van der Waals surface area contributed by atoms with Gasteiger partial charge < -0.3 is 0 Å². The maximum Gasteiger partial charge on any atom is 0.242 e. The van der Waals surface area contributed by atoms with Crippen molar-refractivity contribution < 1.29 is 8.42 Å². The molecule has 0 saturated carbocycles. The van der Waals surface area contributed by atoms with Gasteiger partial charge in [0.1, 0.15) is 5.82 Å². The molecule has 0 bridgehead atoms. The molecule has 0 saturated heterocycles. The first-order valence-electron chi connectivity index (χ1n) is 8.43. The molecule has 27 heavy (non-hydrogen) atoms. The number of hydrogen-bond donors (Lipinski definition) is 0. The standard InChI is InChI=1S/C19H22N4O2S2/c1-14-8-5-6-11-18(14)23-15(2)20-21-19(23)26-13-16-9-7-10-17(12-16)27(24,25)22(3)4/h5-12H,13H2,1-4H3. The maximum absolute atomic E-state index is 12.3. The van der Waals surface area contributed by atoms with Crippen molar-refractivity contribution in [2.45, 2.75) is 29.7 Å². The molecule has 0 amide bonds. The molecule has 8 heteroatoms. The van der Waals surface area contributed by atoms with Crippen molar-refractivity contribution in [2.75, 3.05) is 14.1 Å². The van der Waals surface area contributed by atoms with Crippen LogP contribution in [0.4, 0.5) is 0 Å². The third-order valence-electron chi connectivity index (χ3n) is 4.20. The number of sulfonamides is 1. The first-order chi connectivity index (χ1) is 12.8. The van der Waals surface area contributed by atoms with Gasteiger partial charge in [0.2, 0.25) is 10.0 Å². The predicted octanol–water partition coefficient (Wildman–Crippen LogP) is 3.43. The van der Waals surface area contributed by atoms with E-state index in [0.29, 0.717) is 10.6 Å². The summed E-state index contributed by atoms with van der Waals surface area (Å²) in [5, 5.41) is 9.29. The fourth-order valence-electron chi connectivity index (χ4n) is 2.68. The Morgan fingerprint density at radius 2 is 1.78 bits per heavy atom. The number of aryl methyl sites for hydroxylation is 2. The lowest BCUT2D eigenvalue weighted by Crippen LogP contribution is -2.22. The number of rotatable bonds is 6. The quantitative estimate of drug-likeness (QED) is 0.591. The zero-order chi connectivity index (χ0) is 19.6. The van der Waals surface area contributed by atoms with E-state index < -0.39 is 10.0 Å². The van der Waals surface area contributed by atoms with Gasteiger partial charge in [-0.2, -0.15) is 0 Å². The molecule has 1 aromatic heterocycles. The monoisotopic (exact) mass is 402 g/mol. The summed E-state index contributed by atoms with van der Waals surface area (Å²) in [6, 6.07) is 15.1. The molecular weight excluding hydrogens is 380 g/mol. The topological polar surface area (TPSA) is 68.1 Å². The molecule has 0 radical (unpaired) electrons. The summed E-state index contributed by atoms with van der Waals surface area (Å²) >= 11 is 1.53. The molecule has 0 fully saturated rings. The van der Waals surface area contributed by atoms with Crippen molar-refractivity contribution >= 4 is 21.8 Å². The summed E-state index contributed by atoms with van der Waals surface area (Å²) in [4.78, 5) is 0.294. The number of thioether (sulfide) groups is 1. The maximum atomic E-state index is 12.3. The number of nitrogens with zero attached hydrogens (tertiary/aromatic N) is 4. The zero-order valence-corrected chi connectivity index (χ0v) is 17.4. The van der Waals surface area contributed by atoms with Gasteiger partial charge in [-0.3, -0.25) is 4.57 Å². The fraction of sp³-hybridized carbons (Fsp3) is 0.263. The largest absolute Gasteiger partial charge is 0.274 e. The smallest absolute Gasteiger partial charge is 0.242 e. The van der Waals surface area contributed by atoms with Crippen LogP contribution in [-0.2, 0) is 15.8 Å². The molecule has 0 aliphatic rings. The van der Waals surface area contributed by atoms with Gasteiger partial charge in [0, 0.05) is 19.8 Å². The molecule has 0 unspecified atom stereocenters. The molecule has 3 rings (SSSR count). The van der Waals surface area contributed by atoms with Gasteiger partial charge in [-0.15, -0.1) is 10.2 Å². The lowest BCUT2D eigenvalue weighted by atomic mass is 10.2. The highest BCUT2D eigenvalue weighted by Gasteiger charge is 2.18. The van der Waals surface area contributed by atoms with E-state index in [0.717, 1.165) is 27.8 Å². The molecule has 0 atom stereocenters. The minimum Gasteiger partial charge on any atom is -0.274 e. The van der Waals surface area contributed by atoms with Crippen LogP contribution in [-0.4, -0.2) is 41.6 Å². The normalized spacial score (nSPS) is 11.9. The third-order valence-corrected chi connectivity index (χ3v) is 7.01. The molecule has 0 spiro atoms. The van der Waals surface area contributed by atoms with Crippen molar-refractivity contribution in [1.82, 2.24) is 19.1 Å². The van der Waals surface area contributed by atoms with Crippen molar-refractivity contribution in [3.63, 3.8) is 0 Å². The molecule has 3 aromatic rings. The van der Waals surface area contributed by atoms with Gasteiger partial charge in [0.15, 0.2) is 5.16 Å². The first kappa shape index (κ1) is 19.6. The van der Waals surface area contributed by atoms with Crippen LogP contribution in [0.5, 0.6) is 0 Å². The van der Waals surface area contributed by atoms with Crippen LogP contribution in [0.25, 0.3) is 5.69 Å². The molecule has 1 heterocycles. The van der Waals surface area contributed by atoms with Crippen LogP contribution in [0.3, 0.4) is 0 Å². The SMILES string of the molecule is Cc1ccccc1-n1c(C)nnc1SCc1cccc(S(=O)(=O)N(C)C)c1. The molecule has 0 aliphatic heterocycles. The minimum atomic E-state index is -3.44. The Bertz CT molecular complexity index is 1060. The van der Waals surface area contributed by atoms with E-state index in [9.17, 15) is 8.42 Å². The van der Waals surface area contributed by atoms with Gasteiger partial charge in [0.25, 0.3) is 0 Å². The van der Waals surface area contributed by atoms with Gasteiger partial charge >= 0.3 is 0 Å². The van der Waals surface area contributed by atoms with Crippen molar-refractivity contribution in [2.24, 2.45) is 0 Å². The van der Waals surface area contributed by atoms with Crippen LogP contribution < -0.4 is 0 Å². The highest BCUT2D eigenvalue weighted by atomic mass is 32.2. The summed E-state index contributed by atoms with van der Waals surface area (Å²) in [5.41, 5.74) is 3.10. The van der Waals surface area contributed by atoms with E-state index in [1.54, 1.807) is 18.2 Å². The van der Waals surface area contributed by atoms with Crippen molar-refractivity contribution in [3.05, 3.63) is 65.5 Å². The number of hydrogen-bond acceptors (Lipinski definition) is 5. The van der Waals surface area contributed by atoms with Crippen LogP contribution >= 0.6 is 11.8 Å². The van der Waals surface area contributed by atoms with Gasteiger partial charge in [-0.1, -0.05) is 42.1 Å². The molecule has 0 N–H and O–H groups in total. The highest BCUT2D eigenvalue weighted by Crippen LogP contribution is 2.27. The number of benzene rings is 2. The lowest BCUT2D eigenvalue weighted by molar-refractivity contribution is 0.520. The Kier molecular flexibility index (Phi) is 5.69. The van der Waals surface area contributed by atoms with Gasteiger partial charge in [0.05, 0.1) is 10.6 Å². The fourth-order valence-corrected chi connectivity index (χ4v) is 4.59. The Balaban J connectivity index is 1.86. The van der Waals surface area contributed by atoms with E-state index >= 15 is 0 Å². The molecular formula is C19H22N4O2S2. The minimum absolute atomic E-state index is 0.294. The molecule has 2 aromatic carbocycles. The van der Waals surface area contributed by atoms with E-state index in [1.165, 1.54) is 30.2 Å². The average Bonchev–Trinajstić information content (AvgIpc) is 3.01. The molecule has 142 valence electrons. The summed E-state index contributed by atoms with van der Waals surface area (Å²) in [5.74, 6) is 1.41. The number of aromatic nitrogens is 3. The second-order valence-electron chi connectivity index (χ2n) is 6.38. The third kappa shape index (κ3) is 4.07. The van der Waals surface area contributed by atoms with Crippen molar-refractivity contribution in [1.29, 1.82) is 0 Å². The molecule has 0 aliphatic carbocycles. The average molecular weight is 403 g/mol. The zero-order valence-electron chi connectivity index (χ0n) is 15.7. The van der Waals surface area contributed by atoms with Crippen LogP contribution in [0.15, 0.2) is 58.6 Å². The lowest BCUT2D eigenvalue weighted by Gasteiger charge is -2.13. The Hall–Kier alpha value is -2.16. The van der Waals surface area contributed by atoms with E-state index in [-0.39, 0.29) is 0 Å². The van der Waals surface area contributed by atoms with E-state index in [2.05, 4.69) is 23.2 Å². The van der Waals surface area contributed by atoms with Gasteiger partial charge in [-0.25, -0.2) is 12.7 Å². The second kappa shape index (κ2) is 7.84. The first-order valence-corrected chi connectivity index (χ1v) is 10.9. The van der Waals surface area contributed by atoms with Crippen LogP contribution in [0, 0.1) is 13.8 Å². The number of para-hydroxylation sites is 1. The highest BCUT2D eigenvalue weighted by molar-refractivity contribution is 7.98. The molecule has 6 nitrogen and oxygen atoms in total. The van der Waals surface area contributed by atoms with E-state index in [4.69, 9.17) is 0 Å². The summed E-state index contributed by atoms with van der Waals surface area (Å²) in [7, 11) is -0.380.